The zero-order valence-corrected chi connectivity index (χ0v) is 16.6. The van der Waals surface area contributed by atoms with Crippen molar-refractivity contribution in [3.05, 3.63) is 88.4 Å². The molecule has 29 heavy (non-hydrogen) atoms. The number of fused-ring (bicyclic) bond motifs is 1. The number of ether oxygens (including phenoxy) is 2. The van der Waals surface area contributed by atoms with Crippen molar-refractivity contribution < 1.29 is 23.9 Å². The van der Waals surface area contributed by atoms with Crippen LogP contribution in [0.5, 0.6) is 11.5 Å². The van der Waals surface area contributed by atoms with Crippen LogP contribution in [0.1, 0.15) is 20.7 Å². The van der Waals surface area contributed by atoms with Crippen molar-refractivity contribution in [2.75, 3.05) is 11.5 Å². The van der Waals surface area contributed by atoms with E-state index in [0.717, 1.165) is 9.37 Å². The number of rotatable bonds is 5. The quantitative estimate of drug-likeness (QED) is 0.329. The summed E-state index contributed by atoms with van der Waals surface area (Å²) >= 11 is 3.32. The Balaban J connectivity index is 1.39. The van der Waals surface area contributed by atoms with Crippen molar-refractivity contribution in [2.45, 2.75) is 0 Å². The van der Waals surface area contributed by atoms with Gasteiger partial charge in [-0.2, -0.15) is 0 Å². The van der Waals surface area contributed by atoms with E-state index in [-0.39, 0.29) is 24.2 Å². The fourth-order valence-electron chi connectivity index (χ4n) is 2.92. The van der Waals surface area contributed by atoms with Crippen molar-refractivity contribution in [1.29, 1.82) is 0 Å². The molecule has 3 aromatic carbocycles. The molecule has 4 rings (SSSR count). The molecular formula is C22H14BrNO5. The molecule has 0 atom stereocenters. The number of hydrogen-bond donors (Lipinski definition) is 0. The van der Waals surface area contributed by atoms with E-state index >= 15 is 0 Å². The number of halogens is 1. The molecule has 0 aromatic heterocycles. The second kappa shape index (κ2) is 7.89. The lowest BCUT2D eigenvalue weighted by molar-refractivity contribution is -0.136. The Bertz CT molecular complexity index is 1060. The molecule has 0 bridgehead atoms. The molecule has 144 valence electrons. The van der Waals surface area contributed by atoms with E-state index < -0.39 is 5.97 Å². The molecule has 0 saturated heterocycles. The molecule has 6 nitrogen and oxygen atoms in total. The number of benzene rings is 3. The van der Waals surface area contributed by atoms with E-state index in [4.69, 9.17) is 9.47 Å². The fraction of sp³-hybridized carbons (Fsp3) is 0.0455. The SMILES string of the molecule is O=C(COc1ccc(Br)cc1)Oc1ccc(N2C(=O)c3ccccc3C2=O)cc1. The summed E-state index contributed by atoms with van der Waals surface area (Å²) < 4.78 is 11.5. The summed E-state index contributed by atoms with van der Waals surface area (Å²) in [4.78, 5) is 38.1. The standard InChI is InChI=1S/C22H14BrNO5/c23-14-5-9-16(10-6-14)28-13-20(25)29-17-11-7-15(8-12-17)24-21(26)18-3-1-2-4-19(18)22(24)27/h1-12H,13H2. The van der Waals surface area contributed by atoms with E-state index in [1.807, 2.05) is 0 Å². The molecule has 0 fully saturated rings. The van der Waals surface area contributed by atoms with Gasteiger partial charge in [-0.05, 0) is 60.7 Å². The number of amides is 2. The normalized spacial score (nSPS) is 12.7. The Morgan fingerprint density at radius 1 is 0.793 bits per heavy atom. The van der Waals surface area contributed by atoms with Crippen molar-refractivity contribution in [3.8, 4) is 11.5 Å². The van der Waals surface area contributed by atoms with Gasteiger partial charge in [0.2, 0.25) is 0 Å². The number of carbonyl (C=O) groups excluding carboxylic acids is 3. The van der Waals surface area contributed by atoms with Crippen LogP contribution in [0.15, 0.2) is 77.3 Å². The number of anilines is 1. The Labute approximate surface area is 174 Å². The van der Waals surface area contributed by atoms with Crippen LogP contribution in [0.3, 0.4) is 0 Å². The first-order valence-electron chi connectivity index (χ1n) is 8.70. The van der Waals surface area contributed by atoms with Crippen LogP contribution in [0, 0.1) is 0 Å². The van der Waals surface area contributed by atoms with Crippen LogP contribution in [0.2, 0.25) is 0 Å². The van der Waals surface area contributed by atoms with Gasteiger partial charge in [0.05, 0.1) is 16.8 Å². The Morgan fingerprint density at radius 3 is 1.93 bits per heavy atom. The molecular weight excluding hydrogens is 438 g/mol. The lowest BCUT2D eigenvalue weighted by Gasteiger charge is -2.14. The minimum absolute atomic E-state index is 0.248. The van der Waals surface area contributed by atoms with Gasteiger partial charge in [-0.15, -0.1) is 0 Å². The summed E-state index contributed by atoms with van der Waals surface area (Å²) in [6.45, 7) is -0.248. The topological polar surface area (TPSA) is 72.9 Å². The first-order chi connectivity index (χ1) is 14.0. The summed E-state index contributed by atoms with van der Waals surface area (Å²) in [6.07, 6.45) is 0. The Kier molecular flexibility index (Phi) is 5.14. The predicted octanol–water partition coefficient (Wildman–Crippen LogP) is 4.23. The predicted molar refractivity (Wildman–Crippen MR) is 109 cm³/mol. The molecule has 0 radical (unpaired) electrons. The highest BCUT2D eigenvalue weighted by atomic mass is 79.9. The van der Waals surface area contributed by atoms with Crippen LogP contribution in [-0.4, -0.2) is 24.4 Å². The minimum Gasteiger partial charge on any atom is -0.482 e. The number of carbonyl (C=O) groups is 3. The highest BCUT2D eigenvalue weighted by molar-refractivity contribution is 9.10. The highest BCUT2D eigenvalue weighted by Gasteiger charge is 2.36. The summed E-state index contributed by atoms with van der Waals surface area (Å²) in [7, 11) is 0. The molecule has 0 saturated carbocycles. The van der Waals surface area contributed by atoms with Crippen molar-refractivity contribution >= 4 is 39.4 Å². The molecule has 1 aliphatic rings. The highest BCUT2D eigenvalue weighted by Crippen LogP contribution is 2.29. The van der Waals surface area contributed by atoms with Gasteiger partial charge in [-0.25, -0.2) is 9.69 Å². The molecule has 3 aromatic rings. The Morgan fingerprint density at radius 2 is 1.34 bits per heavy atom. The van der Waals surface area contributed by atoms with Crippen LogP contribution in [0.25, 0.3) is 0 Å². The monoisotopic (exact) mass is 451 g/mol. The van der Waals surface area contributed by atoms with E-state index in [2.05, 4.69) is 15.9 Å². The summed E-state index contributed by atoms with van der Waals surface area (Å²) in [6, 6.07) is 19.9. The minimum atomic E-state index is -0.568. The third-order valence-corrected chi connectivity index (χ3v) is 4.82. The average molecular weight is 452 g/mol. The van der Waals surface area contributed by atoms with E-state index in [1.54, 1.807) is 60.7 Å². The van der Waals surface area contributed by atoms with E-state index in [9.17, 15) is 14.4 Å². The number of esters is 1. The van der Waals surface area contributed by atoms with Gasteiger partial charge >= 0.3 is 5.97 Å². The van der Waals surface area contributed by atoms with Gasteiger partial charge in [0.25, 0.3) is 11.8 Å². The largest absolute Gasteiger partial charge is 0.482 e. The molecule has 0 unspecified atom stereocenters. The lowest BCUT2D eigenvalue weighted by atomic mass is 10.1. The maximum absolute atomic E-state index is 12.5. The summed E-state index contributed by atoms with van der Waals surface area (Å²) in [5, 5.41) is 0. The number of hydrogen-bond acceptors (Lipinski definition) is 5. The second-order valence-corrected chi connectivity index (χ2v) is 7.12. The lowest BCUT2D eigenvalue weighted by Crippen LogP contribution is -2.29. The maximum atomic E-state index is 12.5. The first kappa shape index (κ1) is 18.9. The molecule has 0 N–H and O–H groups in total. The molecule has 0 aliphatic carbocycles. The van der Waals surface area contributed by atoms with Crippen LogP contribution in [0.4, 0.5) is 5.69 Å². The molecule has 1 aliphatic heterocycles. The van der Waals surface area contributed by atoms with E-state index in [0.29, 0.717) is 22.6 Å². The number of imide groups is 1. The molecule has 2 amide bonds. The molecule has 0 spiro atoms. The van der Waals surface area contributed by atoms with Crippen molar-refractivity contribution in [3.63, 3.8) is 0 Å². The third-order valence-electron chi connectivity index (χ3n) is 4.29. The first-order valence-corrected chi connectivity index (χ1v) is 9.49. The van der Waals surface area contributed by atoms with Crippen LogP contribution in [-0.2, 0) is 4.79 Å². The summed E-state index contributed by atoms with van der Waals surface area (Å²) in [5.74, 6) is -0.487. The number of nitrogens with zero attached hydrogens (tertiary/aromatic N) is 1. The molecule has 7 heteroatoms. The smallest absolute Gasteiger partial charge is 0.349 e. The second-order valence-electron chi connectivity index (χ2n) is 6.20. The van der Waals surface area contributed by atoms with Gasteiger partial charge in [-0.3, -0.25) is 9.59 Å². The zero-order chi connectivity index (χ0) is 20.4. The zero-order valence-electron chi connectivity index (χ0n) is 15.0. The van der Waals surface area contributed by atoms with Gasteiger partial charge in [0, 0.05) is 4.47 Å². The fourth-order valence-corrected chi connectivity index (χ4v) is 3.19. The summed E-state index contributed by atoms with van der Waals surface area (Å²) in [5.41, 5.74) is 1.15. The molecule has 1 heterocycles. The van der Waals surface area contributed by atoms with Crippen molar-refractivity contribution in [2.24, 2.45) is 0 Å². The third kappa shape index (κ3) is 3.90. The maximum Gasteiger partial charge on any atom is 0.349 e. The van der Waals surface area contributed by atoms with Gasteiger partial charge in [0.15, 0.2) is 6.61 Å². The van der Waals surface area contributed by atoms with Crippen LogP contribution >= 0.6 is 15.9 Å². The van der Waals surface area contributed by atoms with Gasteiger partial charge in [-0.1, -0.05) is 28.1 Å². The van der Waals surface area contributed by atoms with Crippen molar-refractivity contribution in [1.82, 2.24) is 0 Å². The Hall–Kier alpha value is -3.45. The average Bonchev–Trinajstić information content (AvgIpc) is 2.99. The van der Waals surface area contributed by atoms with Gasteiger partial charge < -0.3 is 9.47 Å². The van der Waals surface area contributed by atoms with Crippen LogP contribution < -0.4 is 14.4 Å². The van der Waals surface area contributed by atoms with Gasteiger partial charge in [0.1, 0.15) is 11.5 Å². The van der Waals surface area contributed by atoms with E-state index in [1.165, 1.54) is 12.1 Å².